The summed E-state index contributed by atoms with van der Waals surface area (Å²) < 4.78 is 10.5. The molecule has 6 nitrogen and oxygen atoms in total. The molecule has 3 N–H and O–H groups in total. The van der Waals surface area contributed by atoms with Gasteiger partial charge in [0.05, 0.1) is 19.8 Å². The van der Waals surface area contributed by atoms with E-state index in [0.717, 1.165) is 29.7 Å². The Bertz CT molecular complexity index is 921. The van der Waals surface area contributed by atoms with Crippen molar-refractivity contribution in [2.75, 3.05) is 19.5 Å². The number of rotatable bonds is 5. The van der Waals surface area contributed by atoms with Crippen LogP contribution in [0.15, 0.2) is 18.2 Å². The summed E-state index contributed by atoms with van der Waals surface area (Å²) in [7, 11) is 3.06. The van der Waals surface area contributed by atoms with Crippen molar-refractivity contribution < 1.29 is 19.1 Å². The van der Waals surface area contributed by atoms with Crippen LogP contribution in [-0.2, 0) is 12.8 Å². The predicted molar refractivity (Wildman–Crippen MR) is 115 cm³/mol. The van der Waals surface area contributed by atoms with Crippen molar-refractivity contribution in [1.82, 2.24) is 0 Å². The number of nitrogens with two attached hydrogens (primary N) is 1. The van der Waals surface area contributed by atoms with Crippen LogP contribution < -0.4 is 20.5 Å². The van der Waals surface area contributed by atoms with Crippen LogP contribution in [0.5, 0.6) is 11.5 Å². The molecule has 0 saturated heterocycles. The lowest BCUT2D eigenvalue weighted by Crippen LogP contribution is -2.27. The average Bonchev–Trinajstić information content (AvgIpc) is 3.03. The summed E-state index contributed by atoms with van der Waals surface area (Å²) in [4.78, 5) is 26.2. The third-order valence-corrected chi connectivity index (χ3v) is 6.75. The van der Waals surface area contributed by atoms with E-state index in [0.29, 0.717) is 33.5 Å². The number of fused-ring (bicyclic) bond motifs is 1. The van der Waals surface area contributed by atoms with Crippen molar-refractivity contribution in [2.24, 2.45) is 17.1 Å². The van der Waals surface area contributed by atoms with Crippen LogP contribution >= 0.6 is 11.3 Å². The first-order valence-electron chi connectivity index (χ1n) is 9.62. The maximum atomic E-state index is 12.9. The fourth-order valence-electron chi connectivity index (χ4n) is 3.79. The number of anilines is 1. The number of ether oxygens (including phenoxy) is 2. The van der Waals surface area contributed by atoms with Crippen molar-refractivity contribution in [3.05, 3.63) is 39.8 Å². The van der Waals surface area contributed by atoms with Crippen LogP contribution in [-0.4, -0.2) is 26.0 Å². The highest BCUT2D eigenvalue weighted by atomic mass is 32.1. The molecule has 0 unspecified atom stereocenters. The predicted octanol–water partition coefficient (Wildman–Crippen LogP) is 4.27. The monoisotopic (exact) mass is 416 g/mol. The summed E-state index contributed by atoms with van der Waals surface area (Å²) >= 11 is 1.46. The molecule has 1 aromatic carbocycles. The molecule has 29 heavy (non-hydrogen) atoms. The van der Waals surface area contributed by atoms with Gasteiger partial charge in [-0.25, -0.2) is 0 Å². The molecule has 2 aromatic rings. The maximum absolute atomic E-state index is 12.9. The molecule has 156 valence electrons. The number of benzene rings is 1. The Labute approximate surface area is 175 Å². The number of hydrogen-bond donors (Lipinski definition) is 2. The Morgan fingerprint density at radius 2 is 1.76 bits per heavy atom. The van der Waals surface area contributed by atoms with Gasteiger partial charge in [0.2, 0.25) is 0 Å². The first-order valence-corrected chi connectivity index (χ1v) is 10.4. The molecule has 0 bridgehead atoms. The van der Waals surface area contributed by atoms with Crippen molar-refractivity contribution in [3.63, 3.8) is 0 Å². The molecule has 1 aliphatic rings. The zero-order chi connectivity index (χ0) is 21.3. The van der Waals surface area contributed by atoms with E-state index in [-0.39, 0.29) is 11.3 Å². The number of carbonyl (C=O) groups is 2. The SMILES string of the molecule is COc1cc(OC)cc(C(=O)Nc2sc3c(c2C(N)=O)CC[C@@H](C(C)(C)C)C3)c1. The smallest absolute Gasteiger partial charge is 0.256 e. The van der Waals surface area contributed by atoms with Crippen LogP contribution in [0.4, 0.5) is 5.00 Å². The molecule has 2 amide bonds. The fourth-order valence-corrected chi connectivity index (χ4v) is 5.12. The summed E-state index contributed by atoms with van der Waals surface area (Å²) in [5.41, 5.74) is 7.69. The van der Waals surface area contributed by atoms with Gasteiger partial charge in [-0.15, -0.1) is 11.3 Å². The minimum Gasteiger partial charge on any atom is -0.497 e. The van der Waals surface area contributed by atoms with Crippen LogP contribution in [0.1, 0.15) is 58.3 Å². The lowest BCUT2D eigenvalue weighted by molar-refractivity contribution is 0.1000. The van der Waals surface area contributed by atoms with Gasteiger partial charge in [-0.1, -0.05) is 20.8 Å². The zero-order valence-electron chi connectivity index (χ0n) is 17.5. The average molecular weight is 417 g/mol. The lowest BCUT2D eigenvalue weighted by Gasteiger charge is -2.33. The highest BCUT2D eigenvalue weighted by Crippen LogP contribution is 2.44. The van der Waals surface area contributed by atoms with Gasteiger partial charge >= 0.3 is 0 Å². The van der Waals surface area contributed by atoms with Gasteiger partial charge < -0.3 is 20.5 Å². The van der Waals surface area contributed by atoms with E-state index < -0.39 is 5.91 Å². The summed E-state index contributed by atoms with van der Waals surface area (Å²) in [6.07, 6.45) is 2.70. The molecule has 0 spiro atoms. The van der Waals surface area contributed by atoms with E-state index in [2.05, 4.69) is 26.1 Å². The zero-order valence-corrected chi connectivity index (χ0v) is 18.4. The number of methoxy groups -OCH3 is 2. The molecule has 1 aromatic heterocycles. The van der Waals surface area contributed by atoms with E-state index in [1.807, 2.05) is 0 Å². The molecule has 7 heteroatoms. The summed E-state index contributed by atoms with van der Waals surface area (Å²) in [5, 5.41) is 3.41. The highest BCUT2D eigenvalue weighted by molar-refractivity contribution is 7.17. The van der Waals surface area contributed by atoms with Gasteiger partial charge in [-0.3, -0.25) is 9.59 Å². The van der Waals surface area contributed by atoms with E-state index in [9.17, 15) is 9.59 Å². The van der Waals surface area contributed by atoms with E-state index in [1.54, 1.807) is 18.2 Å². The van der Waals surface area contributed by atoms with Crippen molar-refractivity contribution in [1.29, 1.82) is 0 Å². The van der Waals surface area contributed by atoms with Crippen molar-refractivity contribution in [3.8, 4) is 11.5 Å². The second-order valence-electron chi connectivity index (χ2n) is 8.43. The largest absolute Gasteiger partial charge is 0.497 e. The topological polar surface area (TPSA) is 90.7 Å². The Morgan fingerprint density at radius 3 is 2.28 bits per heavy atom. The quantitative estimate of drug-likeness (QED) is 0.762. The van der Waals surface area contributed by atoms with Gasteiger partial charge in [-0.2, -0.15) is 0 Å². The molecule has 0 radical (unpaired) electrons. The van der Waals surface area contributed by atoms with Gasteiger partial charge in [0, 0.05) is 16.5 Å². The fraction of sp³-hybridized carbons (Fsp3) is 0.455. The maximum Gasteiger partial charge on any atom is 0.256 e. The third kappa shape index (κ3) is 4.40. The summed E-state index contributed by atoms with van der Waals surface area (Å²) in [5.74, 6) is 0.720. The minimum atomic E-state index is -0.504. The molecule has 0 fully saturated rings. The third-order valence-electron chi connectivity index (χ3n) is 5.58. The number of primary amides is 1. The first-order chi connectivity index (χ1) is 13.6. The molecule has 1 heterocycles. The Hall–Kier alpha value is -2.54. The molecule has 0 saturated carbocycles. The van der Waals surface area contributed by atoms with Gasteiger partial charge in [0.15, 0.2) is 0 Å². The second-order valence-corrected chi connectivity index (χ2v) is 9.54. The first kappa shape index (κ1) is 21.2. The number of nitrogens with one attached hydrogen (secondary N) is 1. The van der Waals surface area contributed by atoms with Crippen LogP contribution in [0.2, 0.25) is 0 Å². The standard InChI is InChI=1S/C22H28N2O4S/c1-22(2,3)13-6-7-16-17(10-13)29-21(18(16)19(23)25)24-20(26)12-8-14(27-4)11-15(9-12)28-5/h8-9,11,13H,6-7,10H2,1-5H3,(H2,23,25)(H,24,26)/t13-/m1/s1. The second kappa shape index (κ2) is 8.06. The van der Waals surface area contributed by atoms with Crippen LogP contribution in [0.3, 0.4) is 0 Å². The number of hydrogen-bond acceptors (Lipinski definition) is 5. The van der Waals surface area contributed by atoms with Crippen LogP contribution in [0, 0.1) is 11.3 Å². The lowest BCUT2D eigenvalue weighted by atomic mass is 9.72. The van der Waals surface area contributed by atoms with Gasteiger partial charge in [0.25, 0.3) is 11.8 Å². The van der Waals surface area contributed by atoms with Crippen LogP contribution in [0.25, 0.3) is 0 Å². The van der Waals surface area contributed by atoms with Crippen molar-refractivity contribution in [2.45, 2.75) is 40.0 Å². The van der Waals surface area contributed by atoms with Crippen molar-refractivity contribution >= 4 is 28.2 Å². The highest BCUT2D eigenvalue weighted by Gasteiger charge is 2.33. The molecule has 1 aliphatic carbocycles. The summed E-state index contributed by atoms with van der Waals surface area (Å²) in [6, 6.07) is 4.96. The number of carbonyl (C=O) groups excluding carboxylic acids is 2. The molecule has 1 atom stereocenters. The van der Waals surface area contributed by atoms with Gasteiger partial charge in [-0.05, 0) is 48.3 Å². The van der Waals surface area contributed by atoms with E-state index >= 15 is 0 Å². The molecule has 0 aliphatic heterocycles. The Morgan fingerprint density at radius 1 is 1.14 bits per heavy atom. The molecular weight excluding hydrogens is 388 g/mol. The number of amides is 2. The normalized spacial score (nSPS) is 16.1. The van der Waals surface area contributed by atoms with E-state index in [4.69, 9.17) is 15.2 Å². The minimum absolute atomic E-state index is 0.190. The molecule has 3 rings (SSSR count). The molecular formula is C22H28N2O4S. The number of thiophene rings is 1. The summed E-state index contributed by atoms with van der Waals surface area (Å²) in [6.45, 7) is 6.72. The Kier molecular flexibility index (Phi) is 5.89. The van der Waals surface area contributed by atoms with E-state index in [1.165, 1.54) is 25.6 Å². The van der Waals surface area contributed by atoms with Gasteiger partial charge in [0.1, 0.15) is 16.5 Å². The Balaban J connectivity index is 1.93.